The molecule has 0 aliphatic carbocycles. The minimum absolute atomic E-state index is 0.00376. The normalized spacial score (nSPS) is 11.4. The zero-order valence-corrected chi connectivity index (χ0v) is 28.3. The van der Waals surface area contributed by atoms with Crippen LogP contribution >= 0.6 is 0 Å². The molecule has 0 heterocycles. The molecule has 4 amide bonds. The molecular formula is C31H60N4O10. The maximum Gasteiger partial charge on any atom is 0.225 e. The molecule has 264 valence electrons. The van der Waals surface area contributed by atoms with Crippen LogP contribution in [0.2, 0.25) is 0 Å². The van der Waals surface area contributed by atoms with Gasteiger partial charge in [0.05, 0.1) is 66.1 Å². The monoisotopic (exact) mass is 648 g/mol. The number of amides is 4. The Labute approximate surface area is 269 Å². The van der Waals surface area contributed by atoms with E-state index in [0.717, 1.165) is 0 Å². The summed E-state index contributed by atoms with van der Waals surface area (Å²) in [4.78, 5) is 46.8. The molecule has 0 fully saturated rings. The van der Waals surface area contributed by atoms with Crippen LogP contribution in [0.15, 0.2) is 0 Å². The van der Waals surface area contributed by atoms with E-state index in [1.807, 2.05) is 34.6 Å². The van der Waals surface area contributed by atoms with Gasteiger partial charge in [0.1, 0.15) is 0 Å². The van der Waals surface area contributed by atoms with E-state index in [-0.39, 0.29) is 42.4 Å². The number of hydrogen-bond donors (Lipinski definition) is 4. The molecule has 0 aliphatic heterocycles. The molecule has 0 aliphatic rings. The zero-order chi connectivity index (χ0) is 33.6. The molecule has 0 aromatic rings. The van der Waals surface area contributed by atoms with E-state index in [2.05, 4.69) is 21.3 Å². The summed E-state index contributed by atoms with van der Waals surface area (Å²) in [5, 5.41) is 11.2. The van der Waals surface area contributed by atoms with Gasteiger partial charge in [0.25, 0.3) is 0 Å². The van der Waals surface area contributed by atoms with Gasteiger partial charge in [0.15, 0.2) is 0 Å². The standard InChI is InChI=1S/C31H60N4O10/c1-26(2)29(38)34-12-18-44-24-22-42-16-8-27(36)32-10-6-14-40-20-21-41-15-7-11-33-28(37)9-17-43-23-25-45-19-13-35-30(39)31(3,4)5/h26H,6-25H2,1-5H3,(H,32,36)(H,33,37)(H,34,38)(H,35,39). The average molecular weight is 649 g/mol. The molecule has 45 heavy (non-hydrogen) atoms. The molecular weight excluding hydrogens is 588 g/mol. The number of ether oxygens (including phenoxy) is 6. The molecule has 0 aromatic carbocycles. The largest absolute Gasteiger partial charge is 0.379 e. The first-order chi connectivity index (χ1) is 21.5. The fraction of sp³-hybridized carbons (Fsp3) is 0.871. The van der Waals surface area contributed by atoms with Crippen molar-refractivity contribution in [2.75, 3.05) is 105 Å². The van der Waals surface area contributed by atoms with Crippen molar-refractivity contribution in [3.63, 3.8) is 0 Å². The Morgan fingerprint density at radius 2 is 0.867 bits per heavy atom. The number of carbonyl (C=O) groups is 4. The van der Waals surface area contributed by atoms with Crippen LogP contribution < -0.4 is 21.3 Å². The fourth-order valence-corrected chi connectivity index (χ4v) is 3.23. The summed E-state index contributed by atoms with van der Waals surface area (Å²) in [7, 11) is 0. The van der Waals surface area contributed by atoms with Crippen molar-refractivity contribution < 1.29 is 47.6 Å². The van der Waals surface area contributed by atoms with E-state index < -0.39 is 5.41 Å². The Morgan fingerprint density at radius 3 is 1.27 bits per heavy atom. The molecule has 0 aromatic heterocycles. The second-order valence-electron chi connectivity index (χ2n) is 11.5. The molecule has 0 saturated heterocycles. The molecule has 14 nitrogen and oxygen atoms in total. The van der Waals surface area contributed by atoms with Gasteiger partial charge >= 0.3 is 0 Å². The Morgan fingerprint density at radius 1 is 0.489 bits per heavy atom. The Balaban J connectivity index is 3.32. The van der Waals surface area contributed by atoms with E-state index >= 15 is 0 Å². The number of nitrogens with one attached hydrogen (secondary N) is 4. The summed E-state index contributed by atoms with van der Waals surface area (Å²) in [6.45, 7) is 16.3. The summed E-state index contributed by atoms with van der Waals surface area (Å²) < 4.78 is 32.6. The third kappa shape index (κ3) is 30.1. The lowest BCUT2D eigenvalue weighted by atomic mass is 9.96. The van der Waals surface area contributed by atoms with Crippen molar-refractivity contribution >= 4 is 23.6 Å². The highest BCUT2D eigenvalue weighted by Crippen LogP contribution is 2.11. The number of rotatable bonds is 30. The van der Waals surface area contributed by atoms with E-state index in [1.54, 1.807) is 0 Å². The second-order valence-corrected chi connectivity index (χ2v) is 11.5. The summed E-state index contributed by atoms with van der Waals surface area (Å²) in [5.41, 5.74) is -0.413. The van der Waals surface area contributed by atoms with Crippen LogP contribution in [0.25, 0.3) is 0 Å². The first kappa shape index (κ1) is 42.6. The first-order valence-electron chi connectivity index (χ1n) is 16.1. The SMILES string of the molecule is CC(C)C(=O)NCCOCCOCCC(=O)NCCCOCCOCCCNC(=O)CCOCCOCCNC(=O)C(C)(C)C. The van der Waals surface area contributed by atoms with E-state index in [9.17, 15) is 19.2 Å². The minimum Gasteiger partial charge on any atom is -0.379 e. The lowest BCUT2D eigenvalue weighted by Gasteiger charge is -2.17. The quantitative estimate of drug-likeness (QED) is 0.0818. The molecule has 0 saturated carbocycles. The average Bonchev–Trinajstić information content (AvgIpc) is 2.99. The first-order valence-corrected chi connectivity index (χ1v) is 16.1. The highest BCUT2D eigenvalue weighted by Gasteiger charge is 2.20. The molecule has 0 spiro atoms. The van der Waals surface area contributed by atoms with Gasteiger partial charge in [-0.1, -0.05) is 34.6 Å². The van der Waals surface area contributed by atoms with Gasteiger partial charge in [-0.05, 0) is 12.8 Å². The van der Waals surface area contributed by atoms with Crippen molar-refractivity contribution in [3.05, 3.63) is 0 Å². The highest BCUT2D eigenvalue weighted by molar-refractivity contribution is 5.81. The highest BCUT2D eigenvalue weighted by atomic mass is 16.5. The summed E-state index contributed by atoms with van der Waals surface area (Å²) in [6, 6.07) is 0. The van der Waals surface area contributed by atoms with Gasteiger partial charge in [-0.15, -0.1) is 0 Å². The van der Waals surface area contributed by atoms with Crippen molar-refractivity contribution in [3.8, 4) is 0 Å². The van der Waals surface area contributed by atoms with Gasteiger partial charge in [-0.2, -0.15) is 0 Å². The number of hydrogen-bond acceptors (Lipinski definition) is 10. The zero-order valence-electron chi connectivity index (χ0n) is 28.3. The molecule has 14 heteroatoms. The Hall–Kier alpha value is -2.36. The third-order valence-electron chi connectivity index (χ3n) is 5.92. The summed E-state index contributed by atoms with van der Waals surface area (Å²) in [6.07, 6.45) is 1.97. The summed E-state index contributed by atoms with van der Waals surface area (Å²) >= 11 is 0. The van der Waals surface area contributed by atoms with Crippen molar-refractivity contribution in [2.45, 2.75) is 60.3 Å². The van der Waals surface area contributed by atoms with Crippen LogP contribution in [-0.4, -0.2) is 129 Å². The van der Waals surface area contributed by atoms with Gasteiger partial charge in [-0.3, -0.25) is 19.2 Å². The van der Waals surface area contributed by atoms with Gasteiger partial charge in [0.2, 0.25) is 23.6 Å². The van der Waals surface area contributed by atoms with E-state index in [1.165, 1.54) is 0 Å². The Kier molecular flexibility index (Phi) is 27.5. The maximum absolute atomic E-state index is 11.8. The molecule has 0 bridgehead atoms. The number of carbonyl (C=O) groups excluding carboxylic acids is 4. The van der Waals surface area contributed by atoms with Crippen LogP contribution in [0.1, 0.15) is 60.3 Å². The van der Waals surface area contributed by atoms with E-state index in [4.69, 9.17) is 28.4 Å². The predicted molar refractivity (Wildman–Crippen MR) is 170 cm³/mol. The van der Waals surface area contributed by atoms with Gasteiger partial charge in [-0.25, -0.2) is 0 Å². The van der Waals surface area contributed by atoms with Crippen molar-refractivity contribution in [1.82, 2.24) is 21.3 Å². The predicted octanol–water partition coefficient (Wildman–Crippen LogP) is 0.813. The summed E-state index contributed by atoms with van der Waals surface area (Å²) in [5.74, 6) is -0.195. The maximum atomic E-state index is 11.8. The second kappa shape index (κ2) is 29.1. The molecule has 0 unspecified atom stereocenters. The molecule has 4 N–H and O–H groups in total. The van der Waals surface area contributed by atoms with E-state index in [0.29, 0.717) is 118 Å². The third-order valence-corrected chi connectivity index (χ3v) is 5.92. The molecule has 0 atom stereocenters. The van der Waals surface area contributed by atoms with Crippen LogP contribution in [0, 0.1) is 11.3 Å². The molecule has 0 rings (SSSR count). The van der Waals surface area contributed by atoms with Crippen LogP contribution in [-0.2, 0) is 47.6 Å². The Bertz CT molecular complexity index is 778. The van der Waals surface area contributed by atoms with Crippen LogP contribution in [0.5, 0.6) is 0 Å². The molecule has 0 radical (unpaired) electrons. The lowest BCUT2D eigenvalue weighted by molar-refractivity contribution is -0.128. The smallest absolute Gasteiger partial charge is 0.225 e. The van der Waals surface area contributed by atoms with Gasteiger partial charge in [0, 0.05) is 63.6 Å². The minimum atomic E-state index is -0.413. The topological polar surface area (TPSA) is 172 Å². The lowest BCUT2D eigenvalue weighted by Crippen LogP contribution is -2.36. The van der Waals surface area contributed by atoms with Crippen LogP contribution in [0.3, 0.4) is 0 Å². The van der Waals surface area contributed by atoms with Crippen LogP contribution in [0.4, 0.5) is 0 Å². The fourth-order valence-electron chi connectivity index (χ4n) is 3.23. The van der Waals surface area contributed by atoms with Gasteiger partial charge < -0.3 is 49.7 Å². The van der Waals surface area contributed by atoms with Crippen molar-refractivity contribution in [2.24, 2.45) is 11.3 Å². The van der Waals surface area contributed by atoms with Crippen molar-refractivity contribution in [1.29, 1.82) is 0 Å².